The molecule has 0 saturated heterocycles. The third-order valence-corrected chi connectivity index (χ3v) is 9.72. The Morgan fingerprint density at radius 1 is 0.460 bits per heavy atom. The summed E-state index contributed by atoms with van der Waals surface area (Å²) in [6, 6.07) is 24.4. The minimum absolute atomic E-state index is 0.0216. The second-order valence-corrected chi connectivity index (χ2v) is 12.5. The molecule has 7 aromatic carbocycles. The van der Waals surface area contributed by atoms with Crippen molar-refractivity contribution in [3.05, 3.63) is 170 Å². The van der Waals surface area contributed by atoms with E-state index in [2.05, 4.69) is 0 Å². The fourth-order valence-corrected chi connectivity index (χ4v) is 7.43. The molecule has 0 bridgehead atoms. The standard InChI is InChI=1S/C45H28N4S/c1-3-14-29(15-4-1)43-46-44(30-16-5-2-6-17-30)48-45(47-43)37-28-31(32-21-13-22-36-35-20-9-12-25-41(35)50-42(32)36)26-27-40(37)49-38-23-10-7-18-33(38)34-19-8-11-24-39(34)49/h1-28H/i7D,8D,9D,13D,18D,19D,20D,21D,22D,23D,24D,25D. The van der Waals surface area contributed by atoms with Crippen LogP contribution in [0, 0.1) is 0 Å². The summed E-state index contributed by atoms with van der Waals surface area (Å²) in [6.45, 7) is 0. The van der Waals surface area contributed by atoms with Crippen LogP contribution in [0.5, 0.6) is 0 Å². The number of hydrogen-bond acceptors (Lipinski definition) is 4. The molecule has 0 amide bonds. The minimum Gasteiger partial charge on any atom is -0.309 e. The molecule has 0 radical (unpaired) electrons. The summed E-state index contributed by atoms with van der Waals surface area (Å²) >= 11 is 1.10. The summed E-state index contributed by atoms with van der Waals surface area (Å²) in [6.07, 6.45) is 0. The van der Waals surface area contributed by atoms with E-state index < -0.39 is 6.04 Å². The Morgan fingerprint density at radius 3 is 1.70 bits per heavy atom. The van der Waals surface area contributed by atoms with Crippen LogP contribution in [-0.2, 0) is 0 Å². The Morgan fingerprint density at radius 2 is 1.04 bits per heavy atom. The van der Waals surface area contributed by atoms with Gasteiger partial charge >= 0.3 is 0 Å². The molecule has 0 spiro atoms. The first-order valence-corrected chi connectivity index (χ1v) is 16.5. The van der Waals surface area contributed by atoms with Gasteiger partial charge in [-0.15, -0.1) is 11.3 Å². The lowest BCUT2D eigenvalue weighted by atomic mass is 9.99. The van der Waals surface area contributed by atoms with Gasteiger partial charge in [-0.3, -0.25) is 0 Å². The molecule has 0 atom stereocenters. The van der Waals surface area contributed by atoms with Crippen molar-refractivity contribution in [3.8, 4) is 51.0 Å². The van der Waals surface area contributed by atoms with Crippen LogP contribution < -0.4 is 0 Å². The molecule has 0 aliphatic heterocycles. The fourth-order valence-electron chi connectivity index (χ4n) is 6.32. The van der Waals surface area contributed by atoms with Gasteiger partial charge in [-0.25, -0.2) is 15.0 Å². The van der Waals surface area contributed by atoms with E-state index in [4.69, 9.17) is 27.3 Å². The van der Waals surface area contributed by atoms with Crippen molar-refractivity contribution in [2.45, 2.75) is 0 Å². The van der Waals surface area contributed by atoms with E-state index in [0.717, 1.165) is 11.3 Å². The molecule has 0 fully saturated rings. The Hall–Kier alpha value is -6.43. The summed E-state index contributed by atoms with van der Waals surface area (Å²) in [5.74, 6) is 0.747. The Balaban J connectivity index is 1.39. The lowest BCUT2D eigenvalue weighted by molar-refractivity contribution is 1.06. The van der Waals surface area contributed by atoms with Crippen LogP contribution in [-0.4, -0.2) is 19.5 Å². The molecule has 4 nitrogen and oxygen atoms in total. The van der Waals surface area contributed by atoms with Gasteiger partial charge in [-0.05, 0) is 41.4 Å². The normalized spacial score (nSPS) is 15.0. The van der Waals surface area contributed by atoms with Crippen LogP contribution in [0.4, 0.5) is 0 Å². The quantitative estimate of drug-likeness (QED) is 0.183. The van der Waals surface area contributed by atoms with Crippen molar-refractivity contribution in [1.29, 1.82) is 0 Å². The molecule has 5 heteroatoms. The number of nitrogens with zero attached hydrogens (tertiary/aromatic N) is 4. The molecule has 0 saturated carbocycles. The third-order valence-electron chi connectivity index (χ3n) is 8.58. The molecule has 3 aromatic heterocycles. The molecular weight excluding hydrogens is 629 g/mol. The predicted octanol–water partition coefficient (Wildman–Crippen LogP) is 12.0. The fraction of sp³-hybridized carbons (Fsp3) is 0. The summed E-state index contributed by atoms with van der Waals surface area (Å²) in [4.78, 5) is 14.9. The molecule has 0 N–H and O–H groups in total. The van der Waals surface area contributed by atoms with Gasteiger partial charge in [0.1, 0.15) is 0 Å². The first kappa shape index (κ1) is 18.9. The minimum atomic E-state index is -0.416. The van der Waals surface area contributed by atoms with Crippen LogP contribution in [0.2, 0.25) is 0 Å². The SMILES string of the molecule is [2H]c1cc([2H])c2sc3c(-c4ccc(-n5c6c([2H])cc([2H])c([2H])c6c6c([2H])c([2H])cc([2H])c65)c(-c5nc(-c6ccccc6)nc(-c6ccccc6)n5)c4)c([2H])c([2H])c([2H])c3c2c1[2H]. The van der Waals surface area contributed by atoms with E-state index in [9.17, 15) is 4.11 Å². The van der Waals surface area contributed by atoms with Gasteiger partial charge in [0, 0.05) is 47.6 Å². The summed E-state index contributed by atoms with van der Waals surface area (Å²) < 4.78 is 109. The largest absolute Gasteiger partial charge is 0.309 e. The summed E-state index contributed by atoms with van der Waals surface area (Å²) in [5, 5.41) is 0.484. The summed E-state index contributed by atoms with van der Waals surface area (Å²) in [5.41, 5.74) is 2.73. The number of hydrogen-bond donors (Lipinski definition) is 0. The van der Waals surface area contributed by atoms with Crippen LogP contribution >= 0.6 is 11.3 Å². The van der Waals surface area contributed by atoms with Gasteiger partial charge < -0.3 is 4.57 Å². The monoisotopic (exact) mass is 668 g/mol. The van der Waals surface area contributed by atoms with Crippen molar-refractivity contribution in [1.82, 2.24) is 19.5 Å². The van der Waals surface area contributed by atoms with E-state index in [1.165, 1.54) is 18.2 Å². The van der Waals surface area contributed by atoms with Gasteiger partial charge in [0.2, 0.25) is 0 Å². The van der Waals surface area contributed by atoms with Crippen LogP contribution in [0.25, 0.3) is 93.0 Å². The first-order chi connectivity index (χ1) is 29.7. The number of benzene rings is 7. The van der Waals surface area contributed by atoms with E-state index >= 15 is 0 Å². The van der Waals surface area contributed by atoms with Crippen molar-refractivity contribution in [3.63, 3.8) is 0 Å². The second-order valence-electron chi connectivity index (χ2n) is 11.5. The zero-order valence-electron chi connectivity index (χ0n) is 37.9. The molecule has 0 aliphatic rings. The second kappa shape index (κ2) is 11.6. The van der Waals surface area contributed by atoms with Gasteiger partial charge in [0.25, 0.3) is 0 Å². The molecule has 234 valence electrons. The average Bonchev–Trinajstić information content (AvgIpc) is 3.86. The molecule has 10 aromatic rings. The van der Waals surface area contributed by atoms with Crippen molar-refractivity contribution in [2.24, 2.45) is 0 Å². The van der Waals surface area contributed by atoms with Gasteiger partial charge in [0.15, 0.2) is 17.5 Å². The summed E-state index contributed by atoms with van der Waals surface area (Å²) in [7, 11) is 0. The maximum Gasteiger partial charge on any atom is 0.166 e. The van der Waals surface area contributed by atoms with E-state index in [1.54, 1.807) is 22.8 Å². The zero-order valence-corrected chi connectivity index (χ0v) is 26.8. The Bertz CT molecular complexity index is 3430. The number of thiophene rings is 1. The van der Waals surface area contributed by atoms with Crippen LogP contribution in [0.1, 0.15) is 16.4 Å². The zero-order chi connectivity index (χ0) is 43.5. The highest BCUT2D eigenvalue weighted by Gasteiger charge is 2.21. The molecule has 0 aliphatic carbocycles. The molecular formula is C45H28N4S. The lowest BCUT2D eigenvalue weighted by Gasteiger charge is -2.16. The Kier molecular flexibility index (Phi) is 4.40. The highest BCUT2D eigenvalue weighted by Crippen LogP contribution is 2.42. The predicted molar refractivity (Wildman–Crippen MR) is 209 cm³/mol. The maximum absolute atomic E-state index is 9.29. The molecule has 0 unspecified atom stereocenters. The van der Waals surface area contributed by atoms with Crippen molar-refractivity contribution in [2.75, 3.05) is 0 Å². The number of fused-ring (bicyclic) bond motifs is 6. The molecule has 50 heavy (non-hydrogen) atoms. The van der Waals surface area contributed by atoms with E-state index in [-0.39, 0.29) is 122 Å². The molecule has 3 heterocycles. The Labute approximate surface area is 309 Å². The van der Waals surface area contributed by atoms with Gasteiger partial charge in [0.05, 0.1) is 33.2 Å². The highest BCUT2D eigenvalue weighted by molar-refractivity contribution is 7.26. The van der Waals surface area contributed by atoms with Gasteiger partial charge in [-0.2, -0.15) is 0 Å². The first-order valence-electron chi connectivity index (χ1n) is 21.7. The van der Waals surface area contributed by atoms with Crippen LogP contribution in [0.15, 0.2) is 170 Å². The van der Waals surface area contributed by atoms with Gasteiger partial charge in [-0.1, -0.05) is 139 Å². The maximum atomic E-state index is 9.29. The highest BCUT2D eigenvalue weighted by atomic mass is 32.1. The molecule has 10 rings (SSSR count). The third kappa shape index (κ3) is 4.63. The van der Waals surface area contributed by atoms with Crippen LogP contribution in [0.3, 0.4) is 0 Å². The number of rotatable bonds is 5. The van der Waals surface area contributed by atoms with E-state index in [0.29, 0.717) is 37.7 Å². The average molecular weight is 669 g/mol. The smallest absolute Gasteiger partial charge is 0.166 e. The topological polar surface area (TPSA) is 43.6 Å². The number of para-hydroxylation sites is 2. The number of aromatic nitrogens is 4. The van der Waals surface area contributed by atoms with Crippen molar-refractivity contribution >= 4 is 53.3 Å². The van der Waals surface area contributed by atoms with E-state index in [1.807, 2.05) is 60.7 Å². The lowest BCUT2D eigenvalue weighted by Crippen LogP contribution is -2.04. The van der Waals surface area contributed by atoms with Crippen molar-refractivity contribution < 1.29 is 16.4 Å².